The molecule has 1 heterocycles. The number of primary amides is 1. The molecule has 0 aromatic heterocycles. The Morgan fingerprint density at radius 1 is 0.944 bits per heavy atom. The number of likely N-dealkylation sites (tertiary alicyclic amines) is 1. The van der Waals surface area contributed by atoms with E-state index in [4.69, 9.17) is 11.5 Å². The Balaban J connectivity index is 2.76. The lowest BCUT2D eigenvalue weighted by Gasteiger charge is -2.29. The number of nitrogens with zero attached hydrogens (tertiary/aromatic N) is 1. The summed E-state index contributed by atoms with van der Waals surface area (Å²) in [5.41, 5.74) is 10.8. The molecule has 1 rings (SSSR count). The molecule has 14 heteroatoms. The van der Waals surface area contributed by atoms with Crippen molar-refractivity contribution in [3.63, 3.8) is 0 Å². The van der Waals surface area contributed by atoms with Crippen molar-refractivity contribution in [1.82, 2.24) is 26.2 Å². The lowest BCUT2D eigenvalue weighted by molar-refractivity contribution is -0.143. The molecule has 5 atom stereocenters. The summed E-state index contributed by atoms with van der Waals surface area (Å²) in [6.07, 6.45) is 2.40. The van der Waals surface area contributed by atoms with Gasteiger partial charge in [0.1, 0.15) is 30.2 Å². The Labute approximate surface area is 210 Å². The molecule has 0 saturated carbocycles. The van der Waals surface area contributed by atoms with Crippen molar-refractivity contribution in [3.8, 4) is 0 Å². The molecule has 0 unspecified atom stereocenters. The molecule has 6 amide bonds. The van der Waals surface area contributed by atoms with Crippen LogP contribution in [0.25, 0.3) is 0 Å². The second kappa shape index (κ2) is 15.0. The van der Waals surface area contributed by atoms with Gasteiger partial charge in [-0.05, 0) is 52.5 Å². The first-order valence-electron chi connectivity index (χ1n) is 12.0. The average molecular weight is 514 g/mol. The first-order chi connectivity index (χ1) is 16.9. The number of nitrogens with two attached hydrogens (primary N) is 2. The zero-order valence-corrected chi connectivity index (χ0v) is 21.0. The van der Waals surface area contributed by atoms with E-state index in [-0.39, 0.29) is 6.54 Å². The number of carbonyl (C=O) groups is 6. The molecule has 1 fully saturated rings. The van der Waals surface area contributed by atoms with E-state index in [1.807, 2.05) is 0 Å². The van der Waals surface area contributed by atoms with E-state index in [9.17, 15) is 33.9 Å². The van der Waals surface area contributed by atoms with Gasteiger partial charge >= 0.3 is 0 Å². The van der Waals surface area contributed by atoms with Gasteiger partial charge in [0, 0.05) is 13.5 Å². The molecule has 1 aliphatic heterocycles. The second-order valence-electron chi connectivity index (χ2n) is 8.83. The van der Waals surface area contributed by atoms with Crippen molar-refractivity contribution in [2.75, 3.05) is 19.7 Å². The SMILES string of the molecule is CC(=O)N[C@@H](C)C(=O)N[C@@H](CO)C(=O)N1CCC[C@H]1C(=O)N[C@@H](C)C(=O)N[C@@H](CCCCN)C(N)=O. The second-order valence-corrected chi connectivity index (χ2v) is 8.83. The minimum absolute atomic E-state index is 0.218. The zero-order valence-electron chi connectivity index (χ0n) is 21.0. The van der Waals surface area contributed by atoms with Gasteiger partial charge in [0.2, 0.25) is 35.4 Å². The van der Waals surface area contributed by atoms with Gasteiger partial charge in [-0.3, -0.25) is 28.8 Å². The highest BCUT2D eigenvalue weighted by Gasteiger charge is 2.38. The van der Waals surface area contributed by atoms with Crippen LogP contribution in [0.15, 0.2) is 0 Å². The first-order valence-corrected chi connectivity index (χ1v) is 12.0. The standard InChI is InChI=1S/C22H39N7O7/c1-12(25-14(3)31)19(33)28-16(11-30)22(36)29-10-6-8-17(29)21(35)26-13(2)20(34)27-15(18(24)32)7-4-5-9-23/h12-13,15-17,30H,4-11,23H2,1-3H3,(H2,24,32)(H,25,31)(H,26,35)(H,27,34)(H,28,33)/t12-,13-,15-,16-,17-/m0/s1. The Kier molecular flexibility index (Phi) is 12.8. The number of hydrogen-bond donors (Lipinski definition) is 7. The summed E-state index contributed by atoms with van der Waals surface area (Å²) in [4.78, 5) is 74.7. The highest BCUT2D eigenvalue weighted by molar-refractivity contribution is 5.96. The summed E-state index contributed by atoms with van der Waals surface area (Å²) in [6.45, 7) is 4.05. The van der Waals surface area contributed by atoms with Crippen LogP contribution >= 0.6 is 0 Å². The summed E-state index contributed by atoms with van der Waals surface area (Å²) in [7, 11) is 0. The van der Waals surface area contributed by atoms with Gasteiger partial charge in [-0.2, -0.15) is 0 Å². The molecule has 1 saturated heterocycles. The van der Waals surface area contributed by atoms with E-state index in [2.05, 4.69) is 21.3 Å². The topological polar surface area (TPSA) is 226 Å². The Morgan fingerprint density at radius 3 is 2.06 bits per heavy atom. The van der Waals surface area contributed by atoms with Gasteiger partial charge in [-0.15, -0.1) is 0 Å². The quantitative estimate of drug-likeness (QED) is 0.115. The normalized spacial score (nSPS) is 18.4. The third-order valence-corrected chi connectivity index (χ3v) is 5.81. The van der Waals surface area contributed by atoms with Crippen molar-refractivity contribution in [2.24, 2.45) is 11.5 Å². The molecular formula is C22H39N7O7. The summed E-state index contributed by atoms with van der Waals surface area (Å²) in [5.74, 6) is -3.66. The van der Waals surface area contributed by atoms with Crippen LogP contribution < -0.4 is 32.7 Å². The lowest BCUT2D eigenvalue weighted by atomic mass is 10.1. The van der Waals surface area contributed by atoms with Crippen LogP contribution in [0, 0.1) is 0 Å². The Morgan fingerprint density at radius 2 is 1.53 bits per heavy atom. The maximum Gasteiger partial charge on any atom is 0.248 e. The number of aliphatic hydroxyl groups excluding tert-OH is 1. The lowest BCUT2D eigenvalue weighted by Crippen LogP contribution is -2.58. The third-order valence-electron chi connectivity index (χ3n) is 5.81. The minimum atomic E-state index is -1.31. The number of carbonyl (C=O) groups excluding carboxylic acids is 6. The van der Waals surface area contributed by atoms with Gasteiger partial charge in [-0.25, -0.2) is 0 Å². The van der Waals surface area contributed by atoms with Crippen LogP contribution in [0.2, 0.25) is 0 Å². The Hall–Kier alpha value is -3.26. The molecule has 0 spiro atoms. The zero-order chi connectivity index (χ0) is 27.4. The number of unbranched alkanes of at least 4 members (excludes halogenated alkanes) is 1. The number of aliphatic hydroxyl groups is 1. The molecule has 0 aromatic carbocycles. The van der Waals surface area contributed by atoms with E-state index >= 15 is 0 Å². The van der Waals surface area contributed by atoms with Gasteiger partial charge < -0.3 is 42.7 Å². The molecule has 0 aromatic rings. The van der Waals surface area contributed by atoms with E-state index in [1.165, 1.54) is 25.7 Å². The van der Waals surface area contributed by atoms with Gasteiger partial charge in [0.05, 0.1) is 6.61 Å². The molecule has 0 aliphatic carbocycles. The highest BCUT2D eigenvalue weighted by Crippen LogP contribution is 2.19. The van der Waals surface area contributed by atoms with Crippen LogP contribution in [0.1, 0.15) is 52.9 Å². The van der Waals surface area contributed by atoms with E-state index in [1.54, 1.807) is 0 Å². The van der Waals surface area contributed by atoms with E-state index in [0.717, 1.165) is 0 Å². The number of amides is 6. The molecular weight excluding hydrogens is 474 g/mol. The maximum atomic E-state index is 13.0. The average Bonchev–Trinajstić information content (AvgIpc) is 3.30. The summed E-state index contributed by atoms with van der Waals surface area (Å²) in [5, 5.41) is 19.5. The fourth-order valence-electron chi connectivity index (χ4n) is 3.81. The monoisotopic (exact) mass is 513 g/mol. The molecule has 204 valence electrons. The van der Waals surface area contributed by atoms with Gasteiger partial charge in [-0.1, -0.05) is 0 Å². The van der Waals surface area contributed by atoms with Gasteiger partial charge in [0.25, 0.3) is 0 Å². The molecule has 0 radical (unpaired) electrons. The molecule has 36 heavy (non-hydrogen) atoms. The molecule has 1 aliphatic rings. The van der Waals surface area contributed by atoms with E-state index in [0.29, 0.717) is 38.6 Å². The fraction of sp³-hybridized carbons (Fsp3) is 0.727. The van der Waals surface area contributed by atoms with Crippen molar-refractivity contribution in [1.29, 1.82) is 0 Å². The van der Waals surface area contributed by atoms with Gasteiger partial charge in [0.15, 0.2) is 0 Å². The van der Waals surface area contributed by atoms with Crippen LogP contribution in [0.5, 0.6) is 0 Å². The predicted molar refractivity (Wildman–Crippen MR) is 129 cm³/mol. The molecule has 0 bridgehead atoms. The molecule has 14 nitrogen and oxygen atoms in total. The fourth-order valence-corrected chi connectivity index (χ4v) is 3.81. The van der Waals surface area contributed by atoms with Crippen molar-refractivity contribution in [3.05, 3.63) is 0 Å². The summed E-state index contributed by atoms with van der Waals surface area (Å²) < 4.78 is 0. The number of rotatable bonds is 14. The largest absolute Gasteiger partial charge is 0.394 e. The number of hydrogen-bond acceptors (Lipinski definition) is 8. The maximum absolute atomic E-state index is 13.0. The molecule has 9 N–H and O–H groups in total. The Bertz CT molecular complexity index is 823. The highest BCUT2D eigenvalue weighted by atomic mass is 16.3. The van der Waals surface area contributed by atoms with Crippen molar-refractivity contribution >= 4 is 35.4 Å². The van der Waals surface area contributed by atoms with E-state index < -0.39 is 72.3 Å². The van der Waals surface area contributed by atoms with Crippen molar-refractivity contribution < 1.29 is 33.9 Å². The predicted octanol–water partition coefficient (Wildman–Crippen LogP) is -3.42. The summed E-state index contributed by atoms with van der Waals surface area (Å²) in [6, 6.07) is -5.07. The van der Waals surface area contributed by atoms with Crippen LogP contribution in [0.4, 0.5) is 0 Å². The van der Waals surface area contributed by atoms with Crippen LogP contribution in [-0.4, -0.2) is 95.4 Å². The third kappa shape index (κ3) is 9.41. The van der Waals surface area contributed by atoms with Crippen LogP contribution in [0.3, 0.4) is 0 Å². The van der Waals surface area contributed by atoms with Crippen LogP contribution in [-0.2, 0) is 28.8 Å². The first kappa shape index (κ1) is 30.8. The smallest absolute Gasteiger partial charge is 0.248 e. The van der Waals surface area contributed by atoms with Crippen molar-refractivity contribution in [2.45, 2.75) is 83.1 Å². The summed E-state index contributed by atoms with van der Waals surface area (Å²) >= 11 is 0. The number of nitrogens with one attached hydrogen (secondary N) is 4. The minimum Gasteiger partial charge on any atom is -0.394 e.